The minimum absolute atomic E-state index is 0.125. The van der Waals surface area contributed by atoms with E-state index in [0.717, 1.165) is 31.9 Å². The molecule has 108 valence electrons. The van der Waals surface area contributed by atoms with Crippen molar-refractivity contribution < 1.29 is 13.6 Å². The largest absolute Gasteiger partial charge is 0.342 e. The molecule has 0 radical (unpaired) electrons. The van der Waals surface area contributed by atoms with Crippen LogP contribution in [0.1, 0.15) is 31.7 Å². The van der Waals surface area contributed by atoms with Gasteiger partial charge in [-0.2, -0.15) is 0 Å². The number of carbonyl (C=O) groups excluding carboxylic acids is 1. The monoisotopic (exact) mass is 279 g/mol. The molecule has 1 aromatic rings. The second-order valence-electron chi connectivity index (χ2n) is 6.45. The van der Waals surface area contributed by atoms with Crippen molar-refractivity contribution in [2.45, 2.75) is 32.6 Å². The highest BCUT2D eigenvalue weighted by atomic mass is 19.1. The summed E-state index contributed by atoms with van der Waals surface area (Å²) in [5.74, 6) is -0.499. The van der Waals surface area contributed by atoms with Crippen molar-refractivity contribution in [2.75, 3.05) is 13.1 Å². The number of benzene rings is 1. The first-order valence-electron chi connectivity index (χ1n) is 7.21. The molecule has 1 aliphatic carbocycles. The summed E-state index contributed by atoms with van der Waals surface area (Å²) in [6, 6.07) is 3.66. The Labute approximate surface area is 117 Å². The SMILES string of the molecule is CC1(C(=O)N2CCC(Cc3cc(F)cc(F)c3)C2)CC1. The molecule has 1 saturated heterocycles. The van der Waals surface area contributed by atoms with E-state index in [9.17, 15) is 13.6 Å². The summed E-state index contributed by atoms with van der Waals surface area (Å²) in [6.07, 6.45) is 3.53. The molecule has 1 aromatic carbocycles. The van der Waals surface area contributed by atoms with Crippen LogP contribution in [0.5, 0.6) is 0 Å². The Morgan fingerprint density at radius 2 is 1.95 bits per heavy atom. The molecule has 4 heteroatoms. The maximum Gasteiger partial charge on any atom is 0.228 e. The van der Waals surface area contributed by atoms with E-state index in [2.05, 4.69) is 0 Å². The van der Waals surface area contributed by atoms with Crippen molar-refractivity contribution in [1.82, 2.24) is 4.90 Å². The van der Waals surface area contributed by atoms with Gasteiger partial charge in [0.05, 0.1) is 0 Å². The lowest BCUT2D eigenvalue weighted by molar-refractivity contribution is -0.135. The molecular weight excluding hydrogens is 260 g/mol. The van der Waals surface area contributed by atoms with Crippen molar-refractivity contribution in [3.63, 3.8) is 0 Å². The fourth-order valence-electron chi connectivity index (χ4n) is 3.03. The van der Waals surface area contributed by atoms with E-state index in [1.807, 2.05) is 11.8 Å². The van der Waals surface area contributed by atoms with Gasteiger partial charge in [0.25, 0.3) is 0 Å². The molecule has 2 nitrogen and oxygen atoms in total. The van der Waals surface area contributed by atoms with E-state index in [1.165, 1.54) is 12.1 Å². The first-order valence-corrected chi connectivity index (χ1v) is 7.21. The lowest BCUT2D eigenvalue weighted by atomic mass is 9.98. The van der Waals surface area contributed by atoms with E-state index in [-0.39, 0.29) is 11.3 Å². The van der Waals surface area contributed by atoms with Crippen LogP contribution in [0.3, 0.4) is 0 Å². The van der Waals surface area contributed by atoms with E-state index in [0.29, 0.717) is 24.4 Å². The van der Waals surface area contributed by atoms with Gasteiger partial charge in [-0.05, 0) is 49.3 Å². The topological polar surface area (TPSA) is 20.3 Å². The average molecular weight is 279 g/mol. The number of hydrogen-bond donors (Lipinski definition) is 0. The number of hydrogen-bond acceptors (Lipinski definition) is 1. The van der Waals surface area contributed by atoms with Crippen LogP contribution in [0.15, 0.2) is 18.2 Å². The zero-order chi connectivity index (χ0) is 14.3. The summed E-state index contributed by atoms with van der Waals surface area (Å²) in [6.45, 7) is 3.51. The van der Waals surface area contributed by atoms with Gasteiger partial charge in [0.1, 0.15) is 11.6 Å². The van der Waals surface area contributed by atoms with Gasteiger partial charge in [0.15, 0.2) is 0 Å². The molecule has 2 aliphatic rings. The summed E-state index contributed by atoms with van der Waals surface area (Å²) < 4.78 is 26.3. The molecule has 1 heterocycles. The lowest BCUT2D eigenvalue weighted by Crippen LogP contribution is -2.34. The number of halogens is 2. The third-order valence-electron chi connectivity index (χ3n) is 4.54. The zero-order valence-electron chi connectivity index (χ0n) is 11.7. The number of amides is 1. The minimum atomic E-state index is -0.531. The van der Waals surface area contributed by atoms with Gasteiger partial charge in [-0.3, -0.25) is 4.79 Å². The number of nitrogens with zero attached hydrogens (tertiary/aromatic N) is 1. The second-order valence-corrected chi connectivity index (χ2v) is 6.45. The summed E-state index contributed by atoms with van der Waals surface area (Å²) in [7, 11) is 0. The van der Waals surface area contributed by atoms with Gasteiger partial charge in [-0.1, -0.05) is 6.92 Å². The van der Waals surface area contributed by atoms with E-state index in [4.69, 9.17) is 0 Å². The van der Waals surface area contributed by atoms with Crippen molar-refractivity contribution >= 4 is 5.91 Å². The van der Waals surface area contributed by atoms with Crippen LogP contribution in [-0.2, 0) is 11.2 Å². The van der Waals surface area contributed by atoms with Crippen molar-refractivity contribution in [2.24, 2.45) is 11.3 Å². The van der Waals surface area contributed by atoms with Crippen molar-refractivity contribution in [1.29, 1.82) is 0 Å². The molecule has 0 bridgehead atoms. The summed E-state index contributed by atoms with van der Waals surface area (Å²) in [5.41, 5.74) is 0.555. The van der Waals surface area contributed by atoms with Crippen molar-refractivity contribution in [3.8, 4) is 0 Å². The molecule has 0 spiro atoms. The number of likely N-dealkylation sites (tertiary alicyclic amines) is 1. The number of rotatable bonds is 3. The van der Waals surface area contributed by atoms with E-state index >= 15 is 0 Å². The molecule has 20 heavy (non-hydrogen) atoms. The molecular formula is C16H19F2NO. The Hall–Kier alpha value is -1.45. The highest BCUT2D eigenvalue weighted by Gasteiger charge is 2.48. The van der Waals surface area contributed by atoms with Gasteiger partial charge < -0.3 is 4.90 Å². The standard InChI is InChI=1S/C16H19F2NO/c1-16(3-4-16)15(20)19-5-2-11(10-19)6-12-7-13(17)9-14(18)8-12/h7-9,11H,2-6,10H2,1H3. The fraction of sp³-hybridized carbons (Fsp3) is 0.562. The highest BCUT2D eigenvalue weighted by molar-refractivity contribution is 5.85. The summed E-state index contributed by atoms with van der Waals surface area (Å²) >= 11 is 0. The lowest BCUT2D eigenvalue weighted by Gasteiger charge is -2.20. The van der Waals surface area contributed by atoms with Crippen LogP contribution in [0.4, 0.5) is 8.78 Å². The average Bonchev–Trinajstić information content (AvgIpc) is 2.95. The first-order chi connectivity index (χ1) is 9.46. The minimum Gasteiger partial charge on any atom is -0.342 e. The molecule has 1 saturated carbocycles. The van der Waals surface area contributed by atoms with Gasteiger partial charge in [-0.25, -0.2) is 8.78 Å². The Morgan fingerprint density at radius 3 is 2.55 bits per heavy atom. The Kier molecular flexibility index (Phi) is 3.27. The molecule has 1 unspecified atom stereocenters. The van der Waals surface area contributed by atoms with Gasteiger partial charge in [-0.15, -0.1) is 0 Å². The molecule has 2 fully saturated rings. The predicted octanol–water partition coefficient (Wildman–Crippen LogP) is 3.16. The molecule has 0 aromatic heterocycles. The van der Waals surface area contributed by atoms with Gasteiger partial charge in [0.2, 0.25) is 5.91 Å². The maximum atomic E-state index is 13.2. The Morgan fingerprint density at radius 1 is 1.30 bits per heavy atom. The summed E-state index contributed by atoms with van der Waals surface area (Å²) in [5, 5.41) is 0. The van der Waals surface area contributed by atoms with E-state index in [1.54, 1.807) is 0 Å². The Balaban J connectivity index is 1.61. The molecule has 0 N–H and O–H groups in total. The second kappa shape index (κ2) is 4.83. The fourth-order valence-corrected chi connectivity index (χ4v) is 3.03. The van der Waals surface area contributed by atoms with Crippen molar-refractivity contribution in [3.05, 3.63) is 35.4 Å². The maximum absolute atomic E-state index is 13.2. The molecule has 1 atom stereocenters. The number of carbonyl (C=O) groups is 1. The Bertz CT molecular complexity index is 519. The van der Waals surface area contributed by atoms with Crippen LogP contribution in [-0.4, -0.2) is 23.9 Å². The molecule has 1 amide bonds. The third-order valence-corrected chi connectivity index (χ3v) is 4.54. The van der Waals surface area contributed by atoms with Crippen LogP contribution in [0.25, 0.3) is 0 Å². The van der Waals surface area contributed by atoms with Crippen LogP contribution >= 0.6 is 0 Å². The highest BCUT2D eigenvalue weighted by Crippen LogP contribution is 2.47. The summed E-state index contributed by atoms with van der Waals surface area (Å²) in [4.78, 5) is 14.2. The molecule has 1 aliphatic heterocycles. The smallest absolute Gasteiger partial charge is 0.228 e. The normalized spacial score (nSPS) is 23.9. The van der Waals surface area contributed by atoms with Gasteiger partial charge >= 0.3 is 0 Å². The van der Waals surface area contributed by atoms with Crippen LogP contribution in [0, 0.1) is 23.0 Å². The zero-order valence-corrected chi connectivity index (χ0v) is 11.7. The van der Waals surface area contributed by atoms with Crippen LogP contribution in [0.2, 0.25) is 0 Å². The van der Waals surface area contributed by atoms with E-state index < -0.39 is 11.6 Å². The van der Waals surface area contributed by atoms with Crippen LogP contribution < -0.4 is 0 Å². The quantitative estimate of drug-likeness (QED) is 0.832. The first kappa shape index (κ1) is 13.5. The predicted molar refractivity (Wildman–Crippen MR) is 72.1 cm³/mol. The third kappa shape index (κ3) is 2.69. The molecule has 3 rings (SSSR count). The van der Waals surface area contributed by atoms with Gasteiger partial charge in [0, 0.05) is 24.6 Å².